The Hall–Kier alpha value is -3.81. The lowest BCUT2D eigenvalue weighted by molar-refractivity contribution is -0.138. The molecule has 1 N–H and O–H groups in total. The molecule has 5 rings (SSSR count). The molecular weight excluding hydrogens is 499 g/mol. The Balaban J connectivity index is 1.50. The number of hydrogen-bond acceptors (Lipinski definition) is 6. The van der Waals surface area contributed by atoms with E-state index >= 15 is 0 Å². The van der Waals surface area contributed by atoms with Gasteiger partial charge in [0.1, 0.15) is 24.7 Å². The molecule has 9 heteroatoms. The molecule has 1 atom stereocenters. The zero-order valence-electron chi connectivity index (χ0n) is 19.3. The van der Waals surface area contributed by atoms with Gasteiger partial charge in [0.05, 0.1) is 17.9 Å². The van der Waals surface area contributed by atoms with Crippen molar-refractivity contribution in [2.45, 2.75) is 19.6 Å². The Kier molecular flexibility index (Phi) is 6.93. The van der Waals surface area contributed by atoms with E-state index in [-0.39, 0.29) is 6.61 Å². The topological polar surface area (TPSA) is 78.3 Å². The summed E-state index contributed by atoms with van der Waals surface area (Å²) in [6, 6.07) is 21.9. The Morgan fingerprint density at radius 2 is 1.83 bits per heavy atom. The number of fused-ring (bicyclic) bond motifs is 1. The summed E-state index contributed by atoms with van der Waals surface area (Å²) in [5.41, 5.74) is 3.59. The van der Waals surface area contributed by atoms with E-state index in [1.54, 1.807) is 23.7 Å². The third kappa shape index (κ3) is 4.80. The quantitative estimate of drug-likeness (QED) is 0.294. The maximum absolute atomic E-state index is 13.3. The van der Waals surface area contributed by atoms with Gasteiger partial charge in [0, 0.05) is 15.6 Å². The van der Waals surface area contributed by atoms with Gasteiger partial charge in [-0.05, 0) is 42.3 Å². The number of benzene rings is 3. The first-order valence-electron chi connectivity index (χ1n) is 11.3. The molecule has 0 radical (unpaired) electrons. The molecule has 3 aromatic carbocycles. The minimum atomic E-state index is -0.544. The van der Waals surface area contributed by atoms with E-state index in [0.717, 1.165) is 16.7 Å². The van der Waals surface area contributed by atoms with Gasteiger partial charge < -0.3 is 14.8 Å². The molecule has 1 aliphatic rings. The highest BCUT2D eigenvalue weighted by atomic mass is 35.5. The molecule has 0 spiro atoms. The highest BCUT2D eigenvalue weighted by Crippen LogP contribution is 2.39. The average Bonchev–Trinajstić information content (AvgIpc) is 3.37. The van der Waals surface area contributed by atoms with Crippen LogP contribution < -0.4 is 10.1 Å². The second-order valence-corrected chi connectivity index (χ2v) is 8.87. The van der Waals surface area contributed by atoms with Crippen molar-refractivity contribution in [3.63, 3.8) is 0 Å². The highest BCUT2D eigenvalue weighted by Gasteiger charge is 2.36. The summed E-state index contributed by atoms with van der Waals surface area (Å²) in [5.74, 6) is 0.764. The van der Waals surface area contributed by atoms with Crippen LogP contribution in [0.15, 0.2) is 84.7 Å². The van der Waals surface area contributed by atoms with Crippen LogP contribution in [0.3, 0.4) is 0 Å². The van der Waals surface area contributed by atoms with Crippen LogP contribution in [0.5, 0.6) is 5.75 Å². The fraction of sp³-hybridized carbons (Fsp3) is 0.148. The minimum Gasteiger partial charge on any atom is -0.489 e. The summed E-state index contributed by atoms with van der Waals surface area (Å²) in [4.78, 5) is 17.6. The van der Waals surface area contributed by atoms with Crippen LogP contribution in [-0.4, -0.2) is 27.3 Å². The van der Waals surface area contributed by atoms with Gasteiger partial charge in [-0.25, -0.2) is 9.48 Å². The van der Waals surface area contributed by atoms with Crippen molar-refractivity contribution < 1.29 is 14.3 Å². The molecule has 1 aliphatic heterocycles. The Morgan fingerprint density at radius 1 is 1.06 bits per heavy atom. The van der Waals surface area contributed by atoms with E-state index in [0.29, 0.717) is 39.6 Å². The highest BCUT2D eigenvalue weighted by molar-refractivity contribution is 6.35. The molecule has 0 unspecified atom stereocenters. The summed E-state index contributed by atoms with van der Waals surface area (Å²) in [7, 11) is 0. The lowest BCUT2D eigenvalue weighted by atomic mass is 9.93. The van der Waals surface area contributed by atoms with Crippen molar-refractivity contribution in [3.05, 3.63) is 111 Å². The molecule has 0 aliphatic carbocycles. The number of nitrogens with one attached hydrogen (secondary N) is 1. The van der Waals surface area contributed by atoms with E-state index in [1.165, 1.54) is 6.33 Å². The summed E-state index contributed by atoms with van der Waals surface area (Å²) in [6.45, 7) is 2.33. The van der Waals surface area contributed by atoms with Gasteiger partial charge in [-0.15, -0.1) is 0 Å². The second-order valence-electron chi connectivity index (χ2n) is 8.02. The number of halogens is 2. The van der Waals surface area contributed by atoms with E-state index in [9.17, 15) is 4.79 Å². The number of anilines is 1. The smallest absolute Gasteiger partial charge is 0.338 e. The van der Waals surface area contributed by atoms with Gasteiger partial charge in [-0.3, -0.25) is 0 Å². The van der Waals surface area contributed by atoms with E-state index in [1.807, 2.05) is 60.7 Å². The molecule has 36 heavy (non-hydrogen) atoms. The van der Waals surface area contributed by atoms with Gasteiger partial charge in [-0.1, -0.05) is 71.7 Å². The van der Waals surface area contributed by atoms with E-state index in [4.69, 9.17) is 32.7 Å². The number of aromatic nitrogens is 3. The van der Waals surface area contributed by atoms with Crippen molar-refractivity contribution >= 4 is 40.8 Å². The van der Waals surface area contributed by atoms with Crippen LogP contribution in [-0.2, 0) is 16.1 Å². The summed E-state index contributed by atoms with van der Waals surface area (Å²) in [5, 5.41) is 8.78. The number of carbonyl (C=O) groups excluding carboxylic acids is 1. The number of nitrogens with zero attached hydrogens (tertiary/aromatic N) is 3. The fourth-order valence-corrected chi connectivity index (χ4v) is 4.54. The Morgan fingerprint density at radius 3 is 2.56 bits per heavy atom. The van der Waals surface area contributed by atoms with Crippen molar-refractivity contribution in [1.82, 2.24) is 14.8 Å². The number of esters is 1. The molecule has 7 nitrogen and oxygen atoms in total. The number of hydrogen-bond donors (Lipinski definition) is 1. The molecule has 4 aromatic rings. The third-order valence-electron chi connectivity index (χ3n) is 5.76. The van der Waals surface area contributed by atoms with Crippen LogP contribution in [0.4, 0.5) is 5.95 Å². The molecule has 0 amide bonds. The summed E-state index contributed by atoms with van der Waals surface area (Å²) < 4.78 is 13.1. The Bertz CT molecular complexity index is 1420. The van der Waals surface area contributed by atoms with Gasteiger partial charge in [0.25, 0.3) is 0 Å². The predicted octanol–water partition coefficient (Wildman–Crippen LogP) is 6.15. The average molecular weight is 521 g/mol. The Labute approximate surface area is 218 Å². The number of rotatable bonds is 7. The van der Waals surface area contributed by atoms with Crippen molar-refractivity contribution in [2.24, 2.45) is 0 Å². The first-order valence-corrected chi connectivity index (χ1v) is 12.1. The van der Waals surface area contributed by atoms with Gasteiger partial charge in [0.2, 0.25) is 5.95 Å². The normalized spacial score (nSPS) is 14.7. The molecule has 0 saturated heterocycles. The van der Waals surface area contributed by atoms with Crippen molar-refractivity contribution in [1.29, 1.82) is 0 Å². The molecular formula is C27H22Cl2N4O3. The molecule has 0 fully saturated rings. The zero-order valence-corrected chi connectivity index (χ0v) is 20.8. The van der Waals surface area contributed by atoms with Crippen LogP contribution in [0.2, 0.25) is 10.0 Å². The monoisotopic (exact) mass is 520 g/mol. The molecule has 1 aromatic heterocycles. The standard InChI is InChI=1S/C27H22Cl2N4O3/c1-2-35-26(34)23-24(17-6-4-3-5-7-17)32-27-30-16-31-33(27)25(23)18-9-12-21(13-10-18)36-15-19-8-11-20(28)14-22(19)29/h3-14,16,25H,2,15H2,1H3,(H,30,31,32)/t25-/m0/s1. The van der Waals surface area contributed by atoms with Crippen molar-refractivity contribution in [3.8, 4) is 5.75 Å². The molecule has 0 saturated carbocycles. The van der Waals surface area contributed by atoms with Crippen LogP contribution in [0, 0.1) is 0 Å². The molecule has 0 bridgehead atoms. The van der Waals surface area contributed by atoms with Crippen LogP contribution in [0.25, 0.3) is 5.70 Å². The second kappa shape index (κ2) is 10.4. The summed E-state index contributed by atoms with van der Waals surface area (Å²) >= 11 is 12.2. The minimum absolute atomic E-state index is 0.251. The van der Waals surface area contributed by atoms with Crippen LogP contribution in [0.1, 0.15) is 29.7 Å². The van der Waals surface area contributed by atoms with E-state index < -0.39 is 12.0 Å². The fourth-order valence-electron chi connectivity index (χ4n) is 4.08. The number of ether oxygens (including phenoxy) is 2. The maximum atomic E-state index is 13.3. The SMILES string of the molecule is CCOC(=O)C1=C(c2ccccc2)Nc2ncnn2[C@H]1c1ccc(OCc2ccc(Cl)cc2Cl)cc1. The van der Waals surface area contributed by atoms with Crippen molar-refractivity contribution in [2.75, 3.05) is 11.9 Å². The van der Waals surface area contributed by atoms with Gasteiger partial charge in [-0.2, -0.15) is 10.1 Å². The molecule has 182 valence electrons. The predicted molar refractivity (Wildman–Crippen MR) is 139 cm³/mol. The van der Waals surface area contributed by atoms with Gasteiger partial charge in [0.15, 0.2) is 0 Å². The lowest BCUT2D eigenvalue weighted by Crippen LogP contribution is -2.30. The zero-order chi connectivity index (χ0) is 25.1. The van der Waals surface area contributed by atoms with Crippen LogP contribution >= 0.6 is 23.2 Å². The van der Waals surface area contributed by atoms with Gasteiger partial charge >= 0.3 is 5.97 Å². The first-order chi connectivity index (χ1) is 17.5. The maximum Gasteiger partial charge on any atom is 0.338 e. The summed E-state index contributed by atoms with van der Waals surface area (Å²) in [6.07, 6.45) is 1.46. The molecule has 2 heterocycles. The van der Waals surface area contributed by atoms with E-state index in [2.05, 4.69) is 15.4 Å². The lowest BCUT2D eigenvalue weighted by Gasteiger charge is -2.29. The number of carbonyl (C=O) groups is 1. The first kappa shape index (κ1) is 23.9. The third-order valence-corrected chi connectivity index (χ3v) is 6.35. The largest absolute Gasteiger partial charge is 0.489 e.